The van der Waals surface area contributed by atoms with Gasteiger partial charge in [0.1, 0.15) is 0 Å². The molecule has 0 amide bonds. The maximum absolute atomic E-state index is 2.40. The minimum Gasteiger partial charge on any atom is -0.310 e. The fourth-order valence-corrected chi connectivity index (χ4v) is 9.86. The molecule has 0 aliphatic heterocycles. The van der Waals surface area contributed by atoms with Gasteiger partial charge in [0, 0.05) is 33.2 Å². The molecule has 62 heavy (non-hydrogen) atoms. The van der Waals surface area contributed by atoms with Gasteiger partial charge >= 0.3 is 0 Å². The smallest absolute Gasteiger partial charge is 0.0541 e. The fourth-order valence-electron chi connectivity index (χ4n) is 9.86. The van der Waals surface area contributed by atoms with Gasteiger partial charge in [0.25, 0.3) is 0 Å². The lowest BCUT2D eigenvalue weighted by Gasteiger charge is -2.28. The van der Waals surface area contributed by atoms with Gasteiger partial charge in [0.05, 0.1) is 16.7 Å². The van der Waals surface area contributed by atoms with E-state index in [4.69, 9.17) is 0 Å². The minimum atomic E-state index is 1.10. The van der Waals surface area contributed by atoms with Crippen molar-refractivity contribution in [2.45, 2.75) is 0 Å². The molecule has 0 aliphatic rings. The summed E-state index contributed by atoms with van der Waals surface area (Å²) >= 11 is 0. The molecular weight excluding hydrogens is 749 g/mol. The molecule has 12 aromatic rings. The number of rotatable bonds is 7. The Morgan fingerprint density at radius 1 is 0.274 bits per heavy atom. The Morgan fingerprint density at radius 2 is 0.726 bits per heavy atom. The molecule has 2 nitrogen and oxygen atoms in total. The van der Waals surface area contributed by atoms with Gasteiger partial charge in [-0.05, 0) is 121 Å². The zero-order chi connectivity index (χ0) is 41.0. The van der Waals surface area contributed by atoms with E-state index in [1.54, 1.807) is 0 Å². The van der Waals surface area contributed by atoms with E-state index in [0.29, 0.717) is 0 Å². The normalized spacial score (nSPS) is 11.5. The Hall–Kier alpha value is -8.20. The lowest BCUT2D eigenvalue weighted by Crippen LogP contribution is -2.10. The molecule has 0 spiro atoms. The van der Waals surface area contributed by atoms with Crippen LogP contribution in [0.15, 0.2) is 243 Å². The van der Waals surface area contributed by atoms with Gasteiger partial charge in [0.15, 0.2) is 0 Å². The number of para-hydroxylation sites is 3. The Balaban J connectivity index is 1.00. The van der Waals surface area contributed by atoms with Crippen LogP contribution < -0.4 is 4.90 Å². The number of benzene rings is 11. The van der Waals surface area contributed by atoms with E-state index in [9.17, 15) is 0 Å². The number of hydrogen-bond donors (Lipinski definition) is 0. The highest BCUT2D eigenvalue weighted by molar-refractivity contribution is 6.21. The molecule has 0 atom stereocenters. The van der Waals surface area contributed by atoms with Gasteiger partial charge < -0.3 is 9.47 Å². The number of fused-ring (bicyclic) bond motifs is 6. The van der Waals surface area contributed by atoms with Gasteiger partial charge in [-0.3, -0.25) is 0 Å². The van der Waals surface area contributed by atoms with Crippen molar-refractivity contribution in [2.75, 3.05) is 4.90 Å². The Bertz CT molecular complexity index is 3550. The SMILES string of the molecule is c1ccc(-c2c3ccccc3c(-c3ccc(N(c4ccccc4)c4ccc(-c5ccc6c(c5)c5ccccc5n6-c5ccccc5)c5ccccc45)cc3)c3ccccc23)cc1. The van der Waals surface area contributed by atoms with E-state index >= 15 is 0 Å². The van der Waals surface area contributed by atoms with Crippen LogP contribution in [0.1, 0.15) is 0 Å². The summed E-state index contributed by atoms with van der Waals surface area (Å²) in [4.78, 5) is 2.40. The second-order valence-electron chi connectivity index (χ2n) is 16.0. The third-order valence-corrected chi connectivity index (χ3v) is 12.6. The molecule has 0 fully saturated rings. The van der Waals surface area contributed by atoms with Crippen LogP contribution in [0, 0.1) is 0 Å². The zero-order valence-electron chi connectivity index (χ0n) is 34.0. The summed E-state index contributed by atoms with van der Waals surface area (Å²) in [6, 6.07) is 88.3. The van der Waals surface area contributed by atoms with Crippen molar-refractivity contribution in [1.29, 1.82) is 0 Å². The average molecular weight is 789 g/mol. The van der Waals surface area contributed by atoms with Crippen LogP contribution in [0.25, 0.3) is 93.2 Å². The van der Waals surface area contributed by atoms with Crippen molar-refractivity contribution in [1.82, 2.24) is 4.57 Å². The molecule has 1 aromatic heterocycles. The molecular formula is C60H40N2. The maximum Gasteiger partial charge on any atom is 0.0541 e. The zero-order valence-corrected chi connectivity index (χ0v) is 34.0. The lowest BCUT2D eigenvalue weighted by atomic mass is 9.86. The number of anilines is 3. The quantitative estimate of drug-likeness (QED) is 0.146. The van der Waals surface area contributed by atoms with Gasteiger partial charge in [-0.2, -0.15) is 0 Å². The van der Waals surface area contributed by atoms with E-state index in [1.807, 2.05) is 0 Å². The molecule has 0 unspecified atom stereocenters. The fraction of sp³-hybridized carbons (Fsp3) is 0. The van der Waals surface area contributed by atoms with Crippen LogP contribution in [0.4, 0.5) is 17.1 Å². The molecule has 12 rings (SSSR count). The largest absolute Gasteiger partial charge is 0.310 e. The molecule has 0 bridgehead atoms. The van der Waals surface area contributed by atoms with Crippen molar-refractivity contribution in [2.24, 2.45) is 0 Å². The van der Waals surface area contributed by atoms with Crippen molar-refractivity contribution in [3.05, 3.63) is 243 Å². The van der Waals surface area contributed by atoms with E-state index in [1.165, 1.54) is 87.5 Å². The summed E-state index contributed by atoms with van der Waals surface area (Å²) in [5.74, 6) is 0. The maximum atomic E-state index is 2.40. The van der Waals surface area contributed by atoms with E-state index < -0.39 is 0 Å². The van der Waals surface area contributed by atoms with Gasteiger partial charge in [-0.25, -0.2) is 0 Å². The third-order valence-electron chi connectivity index (χ3n) is 12.6. The first-order valence-electron chi connectivity index (χ1n) is 21.4. The Morgan fingerprint density at radius 3 is 1.35 bits per heavy atom. The van der Waals surface area contributed by atoms with E-state index in [2.05, 4.69) is 252 Å². The molecule has 290 valence electrons. The lowest BCUT2D eigenvalue weighted by molar-refractivity contribution is 1.18. The number of hydrogen-bond acceptors (Lipinski definition) is 1. The van der Waals surface area contributed by atoms with Crippen LogP contribution in [0.3, 0.4) is 0 Å². The van der Waals surface area contributed by atoms with Crippen LogP contribution in [-0.2, 0) is 0 Å². The van der Waals surface area contributed by atoms with E-state index in [-0.39, 0.29) is 0 Å². The van der Waals surface area contributed by atoms with Crippen LogP contribution in [0.2, 0.25) is 0 Å². The molecule has 11 aromatic carbocycles. The highest BCUT2D eigenvalue weighted by Crippen LogP contribution is 2.46. The summed E-state index contributed by atoms with van der Waals surface area (Å²) in [5.41, 5.74) is 14.3. The predicted octanol–water partition coefficient (Wildman–Crippen LogP) is 16.7. The topological polar surface area (TPSA) is 8.17 Å². The molecule has 0 N–H and O–H groups in total. The molecule has 0 saturated heterocycles. The van der Waals surface area contributed by atoms with Gasteiger partial charge in [0.2, 0.25) is 0 Å². The first-order chi connectivity index (χ1) is 30.8. The van der Waals surface area contributed by atoms with Gasteiger partial charge in [-0.15, -0.1) is 0 Å². The summed E-state index contributed by atoms with van der Waals surface area (Å²) in [7, 11) is 0. The number of aromatic nitrogens is 1. The monoisotopic (exact) mass is 788 g/mol. The second kappa shape index (κ2) is 14.8. The summed E-state index contributed by atoms with van der Waals surface area (Å²) in [5, 5.41) is 9.93. The van der Waals surface area contributed by atoms with Crippen molar-refractivity contribution < 1.29 is 0 Å². The van der Waals surface area contributed by atoms with Crippen molar-refractivity contribution in [3.63, 3.8) is 0 Å². The number of nitrogens with zero attached hydrogens (tertiary/aromatic N) is 2. The van der Waals surface area contributed by atoms with Crippen molar-refractivity contribution in [3.8, 4) is 39.1 Å². The minimum absolute atomic E-state index is 1.10. The molecule has 0 radical (unpaired) electrons. The molecule has 0 saturated carbocycles. The first kappa shape index (κ1) is 35.7. The summed E-state index contributed by atoms with van der Waals surface area (Å²) in [6.45, 7) is 0. The Labute approximate surface area is 360 Å². The van der Waals surface area contributed by atoms with Crippen molar-refractivity contribution >= 4 is 71.2 Å². The highest BCUT2D eigenvalue weighted by Gasteiger charge is 2.21. The molecule has 1 heterocycles. The first-order valence-corrected chi connectivity index (χ1v) is 21.4. The third kappa shape index (κ3) is 5.80. The van der Waals surface area contributed by atoms with Crippen LogP contribution in [0.5, 0.6) is 0 Å². The van der Waals surface area contributed by atoms with Crippen LogP contribution >= 0.6 is 0 Å². The standard InChI is InChI=1S/C60H40N2/c1-4-18-41(19-5-1)59-51-27-12-14-29-53(51)60(54-30-15-13-28-52(54)59)42-32-35-46(36-33-42)61(44-20-6-2-7-21-44)57-39-37-47(48-24-10-11-25-49(48)57)43-34-38-58-55(40-43)50-26-16-17-31-56(50)62(58)45-22-8-3-9-23-45/h1-40H. The van der Waals surface area contributed by atoms with Gasteiger partial charge in [-0.1, -0.05) is 182 Å². The average Bonchev–Trinajstić information content (AvgIpc) is 3.68. The van der Waals surface area contributed by atoms with E-state index in [0.717, 1.165) is 22.7 Å². The second-order valence-corrected chi connectivity index (χ2v) is 16.0. The Kier molecular flexibility index (Phi) is 8.53. The predicted molar refractivity (Wildman–Crippen MR) is 264 cm³/mol. The summed E-state index contributed by atoms with van der Waals surface area (Å²) < 4.78 is 2.38. The highest BCUT2D eigenvalue weighted by atomic mass is 15.1. The molecule has 2 heteroatoms. The van der Waals surface area contributed by atoms with Crippen LogP contribution in [-0.4, -0.2) is 4.57 Å². The molecule has 0 aliphatic carbocycles. The summed E-state index contributed by atoms with van der Waals surface area (Å²) in [6.07, 6.45) is 0.